The van der Waals surface area contributed by atoms with E-state index in [-0.39, 0.29) is 24.7 Å². The molecule has 1 aromatic rings. The molecule has 0 saturated carbocycles. The molecule has 0 aromatic heterocycles. The van der Waals surface area contributed by atoms with E-state index < -0.39 is 18.2 Å². The smallest absolute Gasteiger partial charge is 0.434 e. The van der Waals surface area contributed by atoms with Crippen molar-refractivity contribution in [3.05, 3.63) is 57.8 Å². The number of halogens is 1. The summed E-state index contributed by atoms with van der Waals surface area (Å²) in [4.78, 5) is 25.0. The summed E-state index contributed by atoms with van der Waals surface area (Å²) in [5.41, 5.74) is 1.82. The Bertz CT molecular complexity index is 861. The number of rotatable bonds is 13. The highest BCUT2D eigenvalue weighted by Crippen LogP contribution is 2.42. The molecule has 1 aliphatic rings. The maximum absolute atomic E-state index is 12.5. The summed E-state index contributed by atoms with van der Waals surface area (Å²) in [6.07, 6.45) is 6.23. The van der Waals surface area contributed by atoms with Crippen molar-refractivity contribution in [1.29, 1.82) is 0 Å². The molecule has 1 aromatic carbocycles. The largest absolute Gasteiger partial charge is 0.513 e. The van der Waals surface area contributed by atoms with Crippen LogP contribution in [0.2, 0.25) is 5.02 Å². The lowest BCUT2D eigenvalue weighted by molar-refractivity contribution is 0.0597. The van der Waals surface area contributed by atoms with Crippen molar-refractivity contribution in [2.75, 3.05) is 13.2 Å². The van der Waals surface area contributed by atoms with E-state index in [2.05, 4.69) is 19.2 Å². The molecule has 0 atom stereocenters. The number of unbranched alkanes of at least 4 members (excludes halogenated alkanes) is 6. The van der Waals surface area contributed by atoms with Crippen molar-refractivity contribution in [3.8, 4) is 0 Å². The minimum atomic E-state index is -0.813. The second kappa shape index (κ2) is 15.4. The average Bonchev–Trinajstić information content (AvgIpc) is 2.82. The average molecular weight is 508 g/mol. The first-order valence-electron chi connectivity index (χ1n) is 12.5. The van der Waals surface area contributed by atoms with Gasteiger partial charge in [-0.25, -0.2) is 9.59 Å². The molecule has 1 N–H and O–H groups in total. The van der Waals surface area contributed by atoms with Crippen molar-refractivity contribution in [2.24, 2.45) is 0 Å². The van der Waals surface area contributed by atoms with Gasteiger partial charge < -0.3 is 24.3 Å². The second-order valence-corrected chi connectivity index (χ2v) is 8.99. The molecule has 7 nitrogen and oxygen atoms in total. The lowest BCUT2D eigenvalue weighted by atomic mass is 9.90. The van der Waals surface area contributed by atoms with E-state index in [1.165, 1.54) is 0 Å². The first-order valence-corrected chi connectivity index (χ1v) is 12.9. The zero-order valence-electron chi connectivity index (χ0n) is 21.3. The molecule has 8 heteroatoms. The van der Waals surface area contributed by atoms with Crippen molar-refractivity contribution in [3.63, 3.8) is 0 Å². The normalized spacial score (nSPS) is 14.0. The Morgan fingerprint density at radius 2 is 1.29 bits per heavy atom. The molecule has 1 heterocycles. The Morgan fingerprint density at radius 1 is 0.800 bits per heavy atom. The molecule has 194 valence electrons. The Hall–Kier alpha value is -2.67. The van der Waals surface area contributed by atoms with Crippen LogP contribution in [0.4, 0.5) is 9.59 Å². The Balaban J connectivity index is 2.19. The van der Waals surface area contributed by atoms with Crippen LogP contribution in [0.25, 0.3) is 0 Å². The zero-order valence-corrected chi connectivity index (χ0v) is 22.0. The maximum atomic E-state index is 12.5. The van der Waals surface area contributed by atoms with Crippen molar-refractivity contribution < 1.29 is 28.5 Å². The van der Waals surface area contributed by atoms with Gasteiger partial charge in [0.1, 0.15) is 17.4 Å². The molecule has 2 rings (SSSR count). The second-order valence-electron chi connectivity index (χ2n) is 8.58. The highest BCUT2D eigenvalue weighted by Gasteiger charge is 2.36. The van der Waals surface area contributed by atoms with Gasteiger partial charge in [-0.2, -0.15) is 0 Å². The van der Waals surface area contributed by atoms with Gasteiger partial charge >= 0.3 is 12.3 Å². The molecule has 0 spiro atoms. The zero-order chi connectivity index (χ0) is 25.6. The van der Waals surface area contributed by atoms with E-state index in [1.54, 1.807) is 32.0 Å². The third-order valence-corrected chi connectivity index (χ3v) is 6.02. The Kier molecular flexibility index (Phi) is 12.5. The number of benzene rings is 1. The molecule has 0 saturated heterocycles. The lowest BCUT2D eigenvalue weighted by Crippen LogP contribution is -2.29. The van der Waals surface area contributed by atoms with Crippen LogP contribution in [0.5, 0.6) is 0 Å². The third kappa shape index (κ3) is 9.13. The van der Waals surface area contributed by atoms with Gasteiger partial charge in [-0.1, -0.05) is 82.2 Å². The monoisotopic (exact) mass is 507 g/mol. The molecular weight excluding hydrogens is 470 g/mol. The maximum Gasteiger partial charge on any atom is 0.513 e. The number of ether oxygens (including phenoxy) is 4. The van der Waals surface area contributed by atoms with Crippen LogP contribution < -0.4 is 5.32 Å². The van der Waals surface area contributed by atoms with E-state index >= 15 is 0 Å². The van der Waals surface area contributed by atoms with Gasteiger partial charge in [0.15, 0.2) is 0 Å². The highest BCUT2D eigenvalue weighted by atomic mass is 35.5. The summed E-state index contributed by atoms with van der Waals surface area (Å²) in [5.74, 6) is -0.216. The van der Waals surface area contributed by atoms with Crippen LogP contribution >= 0.6 is 11.6 Å². The SMILES string of the molecule is CCCCCCOC(=O)OC1=C(C)NC(C)=C(OC(=O)OCCCCCC)C1c1ccccc1Cl. The van der Waals surface area contributed by atoms with Crippen LogP contribution in [-0.4, -0.2) is 25.5 Å². The van der Waals surface area contributed by atoms with Crippen molar-refractivity contribution in [1.82, 2.24) is 5.32 Å². The van der Waals surface area contributed by atoms with Crippen LogP contribution in [0.3, 0.4) is 0 Å². The fraction of sp³-hybridized carbons (Fsp3) is 0.556. The molecule has 35 heavy (non-hydrogen) atoms. The quantitative estimate of drug-likeness (QED) is 0.214. The number of dihydropyridines is 1. The fourth-order valence-corrected chi connectivity index (χ4v) is 4.07. The van der Waals surface area contributed by atoms with Gasteiger partial charge in [0, 0.05) is 5.02 Å². The number of hydrogen-bond acceptors (Lipinski definition) is 7. The fourth-order valence-electron chi connectivity index (χ4n) is 3.83. The molecule has 0 bridgehead atoms. The number of allylic oxidation sites excluding steroid dienone is 2. The summed E-state index contributed by atoms with van der Waals surface area (Å²) in [6.45, 7) is 8.34. The first-order chi connectivity index (χ1) is 16.9. The summed E-state index contributed by atoms with van der Waals surface area (Å²) >= 11 is 6.51. The van der Waals surface area contributed by atoms with E-state index in [9.17, 15) is 9.59 Å². The van der Waals surface area contributed by atoms with E-state index in [1.807, 2.05) is 6.07 Å². The number of hydrogen-bond donors (Lipinski definition) is 1. The van der Waals surface area contributed by atoms with Gasteiger partial charge in [0.25, 0.3) is 0 Å². The molecule has 0 amide bonds. The lowest BCUT2D eigenvalue weighted by Gasteiger charge is -2.30. The molecule has 0 fully saturated rings. The Morgan fingerprint density at radius 3 is 1.74 bits per heavy atom. The minimum Gasteiger partial charge on any atom is -0.434 e. The van der Waals surface area contributed by atoms with E-state index in [4.69, 9.17) is 30.5 Å². The minimum absolute atomic E-state index is 0.257. The Labute approximate surface area is 213 Å². The summed E-state index contributed by atoms with van der Waals surface area (Å²) < 4.78 is 21.9. The van der Waals surface area contributed by atoms with Crippen LogP contribution in [-0.2, 0) is 18.9 Å². The number of nitrogens with one attached hydrogen (secondary N) is 1. The first kappa shape index (κ1) is 28.6. The molecule has 0 unspecified atom stereocenters. The summed E-state index contributed by atoms with van der Waals surface area (Å²) in [6, 6.07) is 7.16. The molecular formula is C27H38ClNO6. The molecule has 0 radical (unpaired) electrons. The van der Waals surface area contributed by atoms with Gasteiger partial charge in [-0.05, 0) is 38.3 Å². The summed E-state index contributed by atoms with van der Waals surface area (Å²) in [7, 11) is 0. The predicted octanol–water partition coefficient (Wildman–Crippen LogP) is 7.96. The van der Waals surface area contributed by atoms with Gasteiger partial charge in [0.05, 0.1) is 24.6 Å². The van der Waals surface area contributed by atoms with E-state index in [0.29, 0.717) is 22.0 Å². The third-order valence-electron chi connectivity index (χ3n) is 5.68. The van der Waals surface area contributed by atoms with E-state index in [0.717, 1.165) is 51.4 Å². The van der Waals surface area contributed by atoms with Gasteiger partial charge in [-0.3, -0.25) is 0 Å². The molecule has 0 aliphatic carbocycles. The van der Waals surface area contributed by atoms with Crippen molar-refractivity contribution in [2.45, 2.75) is 85.0 Å². The van der Waals surface area contributed by atoms with Crippen LogP contribution in [0.15, 0.2) is 47.2 Å². The van der Waals surface area contributed by atoms with Gasteiger partial charge in [-0.15, -0.1) is 0 Å². The van der Waals surface area contributed by atoms with Crippen molar-refractivity contribution >= 4 is 23.9 Å². The predicted molar refractivity (Wildman–Crippen MR) is 136 cm³/mol. The summed E-state index contributed by atoms with van der Waals surface area (Å²) in [5, 5.41) is 3.58. The van der Waals surface area contributed by atoms with Crippen LogP contribution in [0, 0.1) is 0 Å². The number of carbonyl (C=O) groups is 2. The standard InChI is InChI=1S/C27H38ClNO6/c1-5-7-9-13-17-32-26(30)34-24-19(3)29-20(4)25(23(24)21-15-11-12-16-22(21)28)35-27(31)33-18-14-10-8-6-2/h11-12,15-16,23,29H,5-10,13-14,17-18H2,1-4H3. The topological polar surface area (TPSA) is 83.1 Å². The number of carbonyl (C=O) groups excluding carboxylic acids is 2. The van der Waals surface area contributed by atoms with Gasteiger partial charge in [0.2, 0.25) is 0 Å². The van der Waals surface area contributed by atoms with Crippen LogP contribution in [0.1, 0.15) is 90.5 Å². The molecule has 1 aliphatic heterocycles. The highest BCUT2D eigenvalue weighted by molar-refractivity contribution is 6.31.